The van der Waals surface area contributed by atoms with Gasteiger partial charge in [0.2, 0.25) is 0 Å². The molecule has 5 nitrogen and oxygen atoms in total. The molecule has 2 aromatic carbocycles. The summed E-state index contributed by atoms with van der Waals surface area (Å²) in [7, 11) is 0. The normalized spacial score (nSPS) is 14.3. The number of hydrogen-bond acceptors (Lipinski definition) is 4. The van der Waals surface area contributed by atoms with Gasteiger partial charge in [-0.2, -0.15) is 0 Å². The van der Waals surface area contributed by atoms with E-state index in [1.165, 1.54) is 12.1 Å². The highest BCUT2D eigenvalue weighted by Gasteiger charge is 2.27. The third-order valence-corrected chi connectivity index (χ3v) is 3.33. The number of hydrogen-bond donors (Lipinski definition) is 1. The Morgan fingerprint density at radius 2 is 1.68 bits per heavy atom. The molecule has 94 valence electrons. The van der Waals surface area contributed by atoms with Crippen molar-refractivity contribution in [3.8, 4) is 11.1 Å². The lowest BCUT2D eigenvalue weighted by atomic mass is 10.1. The molecule has 1 aliphatic carbocycles. The monoisotopic (exact) mass is 274 g/mol. The molecule has 0 heterocycles. The first-order valence-electron chi connectivity index (χ1n) is 5.43. The lowest BCUT2D eigenvalue weighted by molar-refractivity contribution is -0.384. The predicted octanol–water partition coefficient (Wildman–Crippen LogP) is 3.46. The van der Waals surface area contributed by atoms with Crippen molar-refractivity contribution in [1.29, 1.82) is 0 Å². The van der Waals surface area contributed by atoms with Crippen LogP contribution in [0.25, 0.3) is 11.1 Å². The molecule has 0 saturated heterocycles. The Hall–Kier alpha value is -2.40. The van der Waals surface area contributed by atoms with Gasteiger partial charge in [-0.05, 0) is 29.3 Å². The minimum atomic E-state index is -0.481. The van der Waals surface area contributed by atoms with Gasteiger partial charge in [0.1, 0.15) is 5.71 Å². The lowest BCUT2D eigenvalue weighted by Gasteiger charge is -1.99. The molecule has 6 heteroatoms. The van der Waals surface area contributed by atoms with Gasteiger partial charge in [-0.3, -0.25) is 10.1 Å². The summed E-state index contributed by atoms with van der Waals surface area (Å²) in [6.07, 6.45) is 0. The molecule has 0 bridgehead atoms. The number of benzene rings is 2. The van der Waals surface area contributed by atoms with Crippen molar-refractivity contribution < 1.29 is 10.1 Å². The van der Waals surface area contributed by atoms with Gasteiger partial charge in [0.05, 0.1) is 4.92 Å². The maximum absolute atomic E-state index is 10.8. The first kappa shape index (κ1) is 11.7. The molecule has 1 N–H and O–H groups in total. The van der Waals surface area contributed by atoms with Crippen LogP contribution in [-0.4, -0.2) is 15.8 Å². The highest BCUT2D eigenvalue weighted by atomic mass is 35.5. The molecule has 0 saturated carbocycles. The largest absolute Gasteiger partial charge is 0.410 e. The van der Waals surface area contributed by atoms with Crippen LogP contribution in [0.1, 0.15) is 11.1 Å². The molecular weight excluding hydrogens is 268 g/mol. The lowest BCUT2D eigenvalue weighted by Crippen LogP contribution is -1.99. The van der Waals surface area contributed by atoms with Crippen molar-refractivity contribution >= 4 is 23.0 Å². The Morgan fingerprint density at radius 3 is 2.32 bits per heavy atom. The van der Waals surface area contributed by atoms with Gasteiger partial charge in [0, 0.05) is 28.3 Å². The number of nitro groups is 1. The van der Waals surface area contributed by atoms with E-state index in [0.717, 1.165) is 11.1 Å². The summed E-state index contributed by atoms with van der Waals surface area (Å²) in [5.41, 5.74) is 3.11. The van der Waals surface area contributed by atoms with Crippen molar-refractivity contribution in [1.82, 2.24) is 0 Å². The smallest absolute Gasteiger partial charge is 0.270 e. The number of oxime groups is 1. The second kappa shape index (κ2) is 4.07. The number of fused-ring (bicyclic) bond motifs is 3. The molecule has 0 aromatic heterocycles. The number of nitrogens with zero attached hydrogens (tertiary/aromatic N) is 2. The van der Waals surface area contributed by atoms with Crippen LogP contribution < -0.4 is 0 Å². The summed E-state index contributed by atoms with van der Waals surface area (Å²) in [6, 6.07) is 9.69. The molecular formula is C13H7ClN2O3. The van der Waals surface area contributed by atoms with Gasteiger partial charge >= 0.3 is 0 Å². The van der Waals surface area contributed by atoms with E-state index >= 15 is 0 Å². The van der Waals surface area contributed by atoms with Crippen molar-refractivity contribution in [3.05, 3.63) is 62.7 Å². The van der Waals surface area contributed by atoms with Crippen LogP contribution in [0.5, 0.6) is 0 Å². The molecule has 0 radical (unpaired) electrons. The zero-order valence-corrected chi connectivity index (χ0v) is 10.3. The summed E-state index contributed by atoms with van der Waals surface area (Å²) in [5, 5.41) is 23.7. The zero-order valence-electron chi connectivity index (χ0n) is 9.50. The molecule has 1 aliphatic rings. The number of rotatable bonds is 1. The predicted molar refractivity (Wildman–Crippen MR) is 71.0 cm³/mol. The zero-order chi connectivity index (χ0) is 13.6. The van der Waals surface area contributed by atoms with E-state index in [4.69, 9.17) is 16.8 Å². The van der Waals surface area contributed by atoms with E-state index in [1.807, 2.05) is 0 Å². The highest BCUT2D eigenvalue weighted by molar-refractivity contribution is 6.32. The van der Waals surface area contributed by atoms with E-state index in [-0.39, 0.29) is 5.69 Å². The van der Waals surface area contributed by atoms with Crippen molar-refractivity contribution in [2.75, 3.05) is 0 Å². The second-order valence-electron chi connectivity index (χ2n) is 4.13. The SMILES string of the molecule is O=[N+]([O-])c1ccc2c(c1)/C(=N\O)c1cc(Cl)ccc1-2. The summed E-state index contributed by atoms with van der Waals surface area (Å²) in [4.78, 5) is 10.3. The van der Waals surface area contributed by atoms with Gasteiger partial charge < -0.3 is 5.21 Å². The van der Waals surface area contributed by atoms with E-state index < -0.39 is 4.92 Å². The average molecular weight is 275 g/mol. The van der Waals surface area contributed by atoms with Gasteiger partial charge in [0.15, 0.2) is 0 Å². The average Bonchev–Trinajstić information content (AvgIpc) is 2.70. The fraction of sp³-hybridized carbons (Fsp3) is 0. The second-order valence-corrected chi connectivity index (χ2v) is 4.56. The van der Waals surface area contributed by atoms with Crippen molar-refractivity contribution in [3.63, 3.8) is 0 Å². The Kier molecular flexibility index (Phi) is 2.50. The maximum Gasteiger partial charge on any atom is 0.270 e. The quantitative estimate of drug-likeness (QED) is 0.419. The molecule has 0 spiro atoms. The summed E-state index contributed by atoms with van der Waals surface area (Å²) in [5.74, 6) is 0. The molecule has 3 rings (SSSR count). The molecule has 19 heavy (non-hydrogen) atoms. The third kappa shape index (κ3) is 1.67. The molecule has 0 fully saturated rings. The topological polar surface area (TPSA) is 75.7 Å². The Bertz CT molecular complexity index is 741. The van der Waals surface area contributed by atoms with Crippen molar-refractivity contribution in [2.24, 2.45) is 5.16 Å². The fourth-order valence-electron chi connectivity index (χ4n) is 2.28. The van der Waals surface area contributed by atoms with Crippen LogP contribution >= 0.6 is 11.6 Å². The summed E-state index contributed by atoms with van der Waals surface area (Å²) in [6.45, 7) is 0. The van der Waals surface area contributed by atoms with E-state index in [2.05, 4.69) is 5.16 Å². The molecule has 0 atom stereocenters. The number of halogens is 1. The molecule has 0 aliphatic heterocycles. The van der Waals surface area contributed by atoms with Crippen LogP contribution in [0.2, 0.25) is 5.02 Å². The van der Waals surface area contributed by atoms with E-state index in [1.54, 1.807) is 24.3 Å². The summed E-state index contributed by atoms with van der Waals surface area (Å²) < 4.78 is 0. The van der Waals surface area contributed by atoms with Gasteiger partial charge in [-0.1, -0.05) is 22.8 Å². The van der Waals surface area contributed by atoms with Crippen molar-refractivity contribution in [2.45, 2.75) is 0 Å². The Balaban J connectivity index is 2.30. The van der Waals surface area contributed by atoms with Crippen LogP contribution in [0.15, 0.2) is 41.6 Å². The van der Waals surface area contributed by atoms with Gasteiger partial charge in [0.25, 0.3) is 5.69 Å². The first-order chi connectivity index (χ1) is 9.11. The standard InChI is InChI=1S/C13H7ClN2O3/c14-7-1-3-9-10-4-2-8(16(18)19)6-12(10)13(15-17)11(9)5-7/h1-6,17H/b15-13-. The third-order valence-electron chi connectivity index (χ3n) is 3.10. The van der Waals surface area contributed by atoms with E-state index in [9.17, 15) is 10.1 Å². The number of nitro benzene ring substituents is 1. The summed E-state index contributed by atoms with van der Waals surface area (Å²) >= 11 is 5.93. The van der Waals surface area contributed by atoms with Crippen LogP contribution in [-0.2, 0) is 0 Å². The fourth-order valence-corrected chi connectivity index (χ4v) is 2.45. The first-order valence-corrected chi connectivity index (χ1v) is 5.81. The minimum Gasteiger partial charge on any atom is -0.410 e. The van der Waals surface area contributed by atoms with Gasteiger partial charge in [-0.15, -0.1) is 0 Å². The van der Waals surface area contributed by atoms with Crippen LogP contribution in [0.3, 0.4) is 0 Å². The molecule has 2 aromatic rings. The molecule has 0 amide bonds. The Labute approximate surface area is 112 Å². The minimum absolute atomic E-state index is 0.0428. The van der Waals surface area contributed by atoms with Crippen LogP contribution in [0.4, 0.5) is 5.69 Å². The van der Waals surface area contributed by atoms with Crippen LogP contribution in [0, 0.1) is 10.1 Å². The van der Waals surface area contributed by atoms with Gasteiger partial charge in [-0.25, -0.2) is 0 Å². The molecule has 0 unspecified atom stereocenters. The maximum atomic E-state index is 10.8. The van der Waals surface area contributed by atoms with E-state index in [0.29, 0.717) is 21.9 Å². The highest BCUT2D eigenvalue weighted by Crippen LogP contribution is 2.39. The number of non-ortho nitro benzene ring substituents is 1. The Morgan fingerprint density at radius 1 is 1.05 bits per heavy atom.